The smallest absolute Gasteiger partial charge is 0.124 e. The molecule has 5 rings (SSSR count). The summed E-state index contributed by atoms with van der Waals surface area (Å²) in [7, 11) is 0. The molecule has 2 aromatic heterocycles. The fourth-order valence-electron chi connectivity index (χ4n) is 3.28. The van der Waals surface area contributed by atoms with Gasteiger partial charge in [-0.3, -0.25) is 0 Å². The molecule has 0 aliphatic heterocycles. The summed E-state index contributed by atoms with van der Waals surface area (Å²) < 4.78 is 2.50. The number of aryl methyl sites for hydroxylation is 2. The summed E-state index contributed by atoms with van der Waals surface area (Å²) in [4.78, 5) is 9.95. The van der Waals surface area contributed by atoms with E-state index in [4.69, 9.17) is 9.97 Å². The monoisotopic (exact) mass is 372 g/mol. The lowest BCUT2D eigenvalue weighted by Gasteiger charge is -2.00. The van der Waals surface area contributed by atoms with E-state index in [1.54, 1.807) is 22.7 Å². The Bertz CT molecular complexity index is 1080. The first kappa shape index (κ1) is 15.7. The number of hydrogen-bond donors (Lipinski definition) is 0. The van der Waals surface area contributed by atoms with Gasteiger partial charge in [0.15, 0.2) is 0 Å². The lowest BCUT2D eigenvalue weighted by molar-refractivity contribution is 1.41. The molecule has 0 aliphatic rings. The number of rotatable bonds is 2. The van der Waals surface area contributed by atoms with Crippen LogP contribution in [0.15, 0.2) is 60.7 Å². The molecule has 126 valence electrons. The van der Waals surface area contributed by atoms with E-state index in [0.29, 0.717) is 0 Å². The highest BCUT2D eigenvalue weighted by molar-refractivity contribution is 7.23. The zero-order chi connectivity index (χ0) is 17.7. The average Bonchev–Trinajstić information content (AvgIpc) is 3.33. The van der Waals surface area contributed by atoms with Crippen molar-refractivity contribution in [2.24, 2.45) is 0 Å². The molecule has 0 saturated heterocycles. The zero-order valence-corrected chi connectivity index (χ0v) is 16.1. The molecule has 0 fully saturated rings. The van der Waals surface area contributed by atoms with Crippen LogP contribution in [0.3, 0.4) is 0 Å². The Hall–Kier alpha value is -2.56. The Kier molecular flexibility index (Phi) is 3.62. The van der Waals surface area contributed by atoms with Gasteiger partial charge >= 0.3 is 0 Å². The summed E-state index contributed by atoms with van der Waals surface area (Å²) in [6.45, 7) is 4.34. The van der Waals surface area contributed by atoms with Crippen molar-refractivity contribution in [3.63, 3.8) is 0 Å². The van der Waals surface area contributed by atoms with Crippen molar-refractivity contribution in [2.75, 3.05) is 0 Å². The second-order valence-corrected chi connectivity index (χ2v) is 8.37. The molecule has 0 saturated carbocycles. The SMILES string of the molecule is Cc1c2nc(-c3ccccc3)sc2c(C)c2nc(-c3ccccc3)sc12. The van der Waals surface area contributed by atoms with Gasteiger partial charge in [0.25, 0.3) is 0 Å². The minimum atomic E-state index is 1.08. The molecule has 0 N–H and O–H groups in total. The third-order valence-corrected chi connectivity index (χ3v) is 7.14. The predicted molar refractivity (Wildman–Crippen MR) is 113 cm³/mol. The summed E-state index contributed by atoms with van der Waals surface area (Å²) in [5, 5.41) is 2.15. The van der Waals surface area contributed by atoms with Gasteiger partial charge < -0.3 is 0 Å². The molecule has 0 bridgehead atoms. The predicted octanol–water partition coefficient (Wildman–Crippen LogP) is 6.86. The van der Waals surface area contributed by atoms with Crippen LogP contribution in [0.25, 0.3) is 41.6 Å². The number of aromatic nitrogens is 2. The average molecular weight is 373 g/mol. The Morgan fingerprint density at radius 3 is 1.35 bits per heavy atom. The summed E-state index contributed by atoms with van der Waals surface area (Å²) in [5.41, 5.74) is 7.05. The Labute approximate surface area is 159 Å². The normalized spacial score (nSPS) is 11.5. The molecule has 0 spiro atoms. The van der Waals surface area contributed by atoms with Crippen LogP contribution in [-0.2, 0) is 0 Å². The van der Waals surface area contributed by atoms with Crippen LogP contribution in [0, 0.1) is 13.8 Å². The topological polar surface area (TPSA) is 25.8 Å². The first-order valence-corrected chi connectivity index (χ1v) is 10.2. The molecule has 3 aromatic carbocycles. The van der Waals surface area contributed by atoms with E-state index in [0.717, 1.165) is 21.0 Å². The van der Waals surface area contributed by atoms with Crippen molar-refractivity contribution < 1.29 is 0 Å². The minimum Gasteiger partial charge on any atom is -0.236 e. The summed E-state index contributed by atoms with van der Waals surface area (Å²) in [6, 6.07) is 20.8. The first-order valence-electron chi connectivity index (χ1n) is 8.53. The first-order chi connectivity index (χ1) is 12.7. The second kappa shape index (κ2) is 6.01. The van der Waals surface area contributed by atoms with Crippen molar-refractivity contribution in [3.05, 3.63) is 71.8 Å². The lowest BCUT2D eigenvalue weighted by atomic mass is 10.1. The number of nitrogens with zero attached hydrogens (tertiary/aromatic N) is 2. The van der Waals surface area contributed by atoms with Gasteiger partial charge in [-0.2, -0.15) is 0 Å². The largest absolute Gasteiger partial charge is 0.236 e. The fourth-order valence-corrected chi connectivity index (χ4v) is 5.54. The van der Waals surface area contributed by atoms with Gasteiger partial charge in [-0.05, 0) is 25.0 Å². The van der Waals surface area contributed by atoms with E-state index >= 15 is 0 Å². The molecular weight excluding hydrogens is 356 g/mol. The van der Waals surface area contributed by atoms with E-state index < -0.39 is 0 Å². The van der Waals surface area contributed by atoms with Gasteiger partial charge in [0.2, 0.25) is 0 Å². The molecule has 0 aliphatic carbocycles. The summed E-state index contributed by atoms with van der Waals surface area (Å²) >= 11 is 3.53. The van der Waals surface area contributed by atoms with E-state index in [9.17, 15) is 0 Å². The Morgan fingerprint density at radius 2 is 0.962 bits per heavy atom. The maximum absolute atomic E-state index is 4.97. The van der Waals surface area contributed by atoms with Gasteiger partial charge in [0.05, 0.1) is 20.4 Å². The fraction of sp³-hybridized carbons (Fsp3) is 0.0909. The number of thiazole rings is 2. The van der Waals surface area contributed by atoms with Gasteiger partial charge in [-0.25, -0.2) is 9.97 Å². The molecule has 26 heavy (non-hydrogen) atoms. The van der Waals surface area contributed by atoms with E-state index in [1.165, 1.54) is 31.7 Å². The van der Waals surface area contributed by atoms with Gasteiger partial charge in [0.1, 0.15) is 10.0 Å². The molecule has 0 unspecified atom stereocenters. The maximum atomic E-state index is 4.97. The van der Waals surface area contributed by atoms with Crippen LogP contribution < -0.4 is 0 Å². The van der Waals surface area contributed by atoms with Crippen LogP contribution in [0.1, 0.15) is 11.1 Å². The minimum absolute atomic E-state index is 1.08. The van der Waals surface area contributed by atoms with Gasteiger partial charge in [0, 0.05) is 11.1 Å². The molecule has 0 radical (unpaired) electrons. The molecule has 0 atom stereocenters. The van der Waals surface area contributed by atoms with Crippen LogP contribution in [0.2, 0.25) is 0 Å². The van der Waals surface area contributed by atoms with Crippen LogP contribution in [-0.4, -0.2) is 9.97 Å². The van der Waals surface area contributed by atoms with Crippen molar-refractivity contribution in [2.45, 2.75) is 13.8 Å². The highest BCUT2D eigenvalue weighted by Crippen LogP contribution is 2.41. The number of fused-ring (bicyclic) bond motifs is 2. The molecule has 0 amide bonds. The van der Waals surface area contributed by atoms with E-state index in [2.05, 4.69) is 62.4 Å². The highest BCUT2D eigenvalue weighted by Gasteiger charge is 2.18. The summed E-state index contributed by atoms with van der Waals surface area (Å²) in [5.74, 6) is 0. The van der Waals surface area contributed by atoms with Crippen molar-refractivity contribution in [1.29, 1.82) is 0 Å². The molecular formula is C22H16N2S2. The van der Waals surface area contributed by atoms with E-state index in [1.807, 2.05) is 12.1 Å². The van der Waals surface area contributed by atoms with Gasteiger partial charge in [-0.1, -0.05) is 60.7 Å². The quantitative estimate of drug-likeness (QED) is 0.338. The molecule has 4 heteroatoms. The number of benzene rings is 3. The van der Waals surface area contributed by atoms with Crippen molar-refractivity contribution in [1.82, 2.24) is 9.97 Å². The van der Waals surface area contributed by atoms with Crippen LogP contribution in [0.5, 0.6) is 0 Å². The molecule has 2 nitrogen and oxygen atoms in total. The third-order valence-electron chi connectivity index (χ3n) is 4.69. The van der Waals surface area contributed by atoms with Crippen LogP contribution >= 0.6 is 22.7 Å². The Morgan fingerprint density at radius 1 is 0.577 bits per heavy atom. The highest BCUT2D eigenvalue weighted by atomic mass is 32.1. The maximum Gasteiger partial charge on any atom is 0.124 e. The Balaban J connectivity index is 1.76. The zero-order valence-electron chi connectivity index (χ0n) is 14.5. The third kappa shape index (κ3) is 2.37. The van der Waals surface area contributed by atoms with Crippen LogP contribution in [0.4, 0.5) is 0 Å². The number of hydrogen-bond acceptors (Lipinski definition) is 4. The molecule has 2 heterocycles. The van der Waals surface area contributed by atoms with Crippen molar-refractivity contribution >= 4 is 43.1 Å². The van der Waals surface area contributed by atoms with Crippen molar-refractivity contribution in [3.8, 4) is 21.1 Å². The standard InChI is InChI=1S/C22H16N2S2/c1-13-17-20(26-21(23-17)15-9-5-3-6-10-15)14(2)18-19(13)25-22(24-18)16-11-7-4-8-12-16/h3-12H,1-2H3. The van der Waals surface area contributed by atoms with E-state index in [-0.39, 0.29) is 0 Å². The lowest BCUT2D eigenvalue weighted by Crippen LogP contribution is -1.84. The second-order valence-electron chi connectivity index (χ2n) is 6.38. The van der Waals surface area contributed by atoms with Gasteiger partial charge in [-0.15, -0.1) is 22.7 Å². The molecule has 5 aromatic rings. The summed E-state index contributed by atoms with van der Waals surface area (Å²) in [6.07, 6.45) is 0.